The molecule has 50 heavy (non-hydrogen) atoms. The number of aldehydes is 1. The molecule has 1 aliphatic heterocycles. The van der Waals surface area contributed by atoms with Crippen LogP contribution in [0.15, 0.2) is 104 Å². The van der Waals surface area contributed by atoms with Crippen LogP contribution in [0.5, 0.6) is 0 Å². The first kappa shape index (κ1) is 36.8. The Labute approximate surface area is 310 Å². The summed E-state index contributed by atoms with van der Waals surface area (Å²) in [6, 6.07) is 26.6. The Hall–Kier alpha value is -4.45. The minimum atomic E-state index is -0.572. The minimum Gasteiger partial charge on any atom is -1.00 e. The maximum absolute atomic E-state index is 11.6. The number of allylic oxidation sites excluding steroid dienone is 2. The number of anilines is 2. The van der Waals surface area contributed by atoms with Gasteiger partial charge in [-0.15, -0.1) is 0 Å². The third-order valence-electron chi connectivity index (χ3n) is 8.74. The van der Waals surface area contributed by atoms with E-state index in [1.54, 1.807) is 19.0 Å². The SMILES string of the molecule is CCN1/C(=C/C(C)=C/c2sc3cc4ccccc4cc3[n+]2CC)Sc2cc3ccccc3cc21.CN(C)c1c(C=O)c(=O)n(C)c(=O)n1C.[Br-]. The highest BCUT2D eigenvalue weighted by Crippen LogP contribution is 2.48. The van der Waals surface area contributed by atoms with Crippen LogP contribution in [0.25, 0.3) is 37.8 Å². The lowest BCUT2D eigenvalue weighted by molar-refractivity contribution is -0.665. The van der Waals surface area contributed by atoms with Gasteiger partial charge in [-0.25, -0.2) is 4.79 Å². The smallest absolute Gasteiger partial charge is 0.332 e. The fourth-order valence-corrected chi connectivity index (χ4v) is 8.91. The molecule has 4 aromatic carbocycles. The van der Waals surface area contributed by atoms with Crippen LogP contribution in [0.2, 0.25) is 0 Å². The molecule has 11 heteroatoms. The fraction of sp³-hybridized carbons (Fsp3) is 0.231. The number of benzene rings is 4. The summed E-state index contributed by atoms with van der Waals surface area (Å²) in [5, 5.41) is 7.82. The largest absolute Gasteiger partial charge is 1.00 e. The highest BCUT2D eigenvalue weighted by Gasteiger charge is 2.25. The summed E-state index contributed by atoms with van der Waals surface area (Å²) in [4.78, 5) is 39.3. The Kier molecular flexibility index (Phi) is 11.2. The molecule has 0 saturated heterocycles. The van der Waals surface area contributed by atoms with Crippen LogP contribution in [0.1, 0.15) is 36.1 Å². The molecule has 0 aliphatic carbocycles. The third kappa shape index (κ3) is 6.82. The molecule has 7 rings (SSSR count). The lowest BCUT2D eigenvalue weighted by Crippen LogP contribution is -3.00. The van der Waals surface area contributed by atoms with Gasteiger partial charge in [0.15, 0.2) is 6.29 Å². The van der Waals surface area contributed by atoms with Crippen LogP contribution in [-0.4, -0.2) is 36.1 Å². The number of hydrogen-bond donors (Lipinski definition) is 0. The van der Waals surface area contributed by atoms with E-state index in [0.717, 1.165) is 17.7 Å². The summed E-state index contributed by atoms with van der Waals surface area (Å²) in [5.41, 5.74) is 2.89. The molecule has 0 amide bonds. The molecule has 6 aromatic rings. The average molecular weight is 771 g/mol. The van der Waals surface area contributed by atoms with Crippen molar-refractivity contribution in [3.8, 4) is 0 Å². The van der Waals surface area contributed by atoms with E-state index in [1.165, 1.54) is 76.6 Å². The Morgan fingerprint density at radius 3 is 2.06 bits per heavy atom. The van der Waals surface area contributed by atoms with Crippen molar-refractivity contribution in [2.75, 3.05) is 30.4 Å². The molecule has 2 aromatic heterocycles. The van der Waals surface area contributed by atoms with Crippen molar-refractivity contribution in [3.63, 3.8) is 0 Å². The van der Waals surface area contributed by atoms with E-state index in [1.807, 2.05) is 23.1 Å². The van der Waals surface area contributed by atoms with E-state index in [9.17, 15) is 14.4 Å². The maximum Gasteiger partial charge on any atom is 0.332 e. The van der Waals surface area contributed by atoms with Gasteiger partial charge in [0, 0.05) is 51.8 Å². The molecule has 0 fully saturated rings. The van der Waals surface area contributed by atoms with Crippen molar-refractivity contribution in [3.05, 3.63) is 121 Å². The normalized spacial score (nSPS) is 13.4. The van der Waals surface area contributed by atoms with Crippen molar-refractivity contribution < 1.29 is 26.3 Å². The number of carbonyl (C=O) groups is 1. The van der Waals surface area contributed by atoms with E-state index in [4.69, 9.17) is 0 Å². The number of nitrogens with zero attached hydrogens (tertiary/aromatic N) is 5. The number of aryl methyl sites for hydroxylation is 1. The predicted octanol–water partition coefficient (Wildman–Crippen LogP) is 4.36. The first-order valence-corrected chi connectivity index (χ1v) is 17.8. The average Bonchev–Trinajstić information content (AvgIpc) is 3.61. The van der Waals surface area contributed by atoms with Crippen molar-refractivity contribution >= 4 is 78.7 Å². The van der Waals surface area contributed by atoms with E-state index >= 15 is 0 Å². The molecular formula is C39H40BrN5O3S2. The Morgan fingerprint density at radius 1 is 0.880 bits per heavy atom. The van der Waals surface area contributed by atoms with Crippen LogP contribution < -0.4 is 42.6 Å². The summed E-state index contributed by atoms with van der Waals surface area (Å²) in [6.07, 6.45) is 5.16. The Morgan fingerprint density at radius 2 is 1.48 bits per heavy atom. The number of fused-ring (bicyclic) bond motifs is 4. The highest BCUT2D eigenvalue weighted by atomic mass is 79.9. The Bertz CT molecular complexity index is 2440. The number of carbonyl (C=O) groups excluding carboxylic acids is 1. The third-order valence-corrected chi connectivity index (χ3v) is 10.9. The van der Waals surface area contributed by atoms with Crippen molar-refractivity contribution in [1.29, 1.82) is 0 Å². The van der Waals surface area contributed by atoms with Crippen LogP contribution in [-0.2, 0) is 20.6 Å². The molecular weight excluding hydrogens is 730 g/mol. The number of aromatic nitrogens is 3. The number of thioether (sulfide) groups is 1. The topological polar surface area (TPSA) is 71.4 Å². The standard InChI is InChI=1S/C30H27N2S2.C9H13N3O3.BrH/c1-4-31-25-16-21-10-6-8-12-23(21)18-27(25)33-29(31)14-20(3)15-30-32(5-2)26-17-22-11-7-9-13-24(22)19-28(26)34-30;1-10(2)7-6(5-13)8(14)12(4)9(15)11(7)3;/h6-19H,4-5H2,1-3H3;5H,1-4H3;1H/q+1;;/p-1. The second-order valence-corrected chi connectivity index (χ2v) is 14.3. The second kappa shape index (κ2) is 15.2. The summed E-state index contributed by atoms with van der Waals surface area (Å²) >= 11 is 3.76. The Balaban J connectivity index is 0.000000258. The fourth-order valence-electron chi connectivity index (χ4n) is 6.37. The first-order chi connectivity index (χ1) is 23.6. The van der Waals surface area contributed by atoms with Crippen molar-refractivity contribution in [2.45, 2.75) is 32.2 Å². The van der Waals surface area contributed by atoms with Gasteiger partial charge in [-0.1, -0.05) is 71.6 Å². The zero-order valence-electron chi connectivity index (χ0n) is 29.2. The van der Waals surface area contributed by atoms with Crippen molar-refractivity contribution in [1.82, 2.24) is 9.13 Å². The zero-order chi connectivity index (χ0) is 35.0. The molecule has 0 spiro atoms. The number of hydrogen-bond acceptors (Lipinski definition) is 7. The molecule has 8 nitrogen and oxygen atoms in total. The molecule has 3 heterocycles. The quantitative estimate of drug-likeness (QED) is 0.186. The van der Waals surface area contributed by atoms with Gasteiger partial charge < -0.3 is 26.8 Å². The monoisotopic (exact) mass is 769 g/mol. The van der Waals surface area contributed by atoms with Gasteiger partial charge in [0.05, 0.1) is 10.7 Å². The maximum atomic E-state index is 11.6. The molecule has 0 bridgehead atoms. The lowest BCUT2D eigenvalue weighted by Gasteiger charge is -2.18. The zero-order valence-corrected chi connectivity index (χ0v) is 32.4. The number of halogens is 1. The summed E-state index contributed by atoms with van der Waals surface area (Å²) in [7, 11) is 6.20. The summed E-state index contributed by atoms with van der Waals surface area (Å²) in [6.45, 7) is 8.62. The summed E-state index contributed by atoms with van der Waals surface area (Å²) in [5.74, 6) is 0.318. The number of rotatable bonds is 6. The highest BCUT2D eigenvalue weighted by molar-refractivity contribution is 8.03. The molecule has 258 valence electrons. The van der Waals surface area contributed by atoms with Gasteiger partial charge >= 0.3 is 5.69 Å². The molecule has 0 saturated carbocycles. The van der Waals surface area contributed by atoms with Crippen LogP contribution in [0.4, 0.5) is 11.5 Å². The van der Waals surface area contributed by atoms with Crippen LogP contribution in [0.3, 0.4) is 0 Å². The van der Waals surface area contributed by atoms with Gasteiger partial charge in [-0.3, -0.25) is 18.7 Å². The van der Waals surface area contributed by atoms with Gasteiger partial charge in [-0.05, 0) is 72.2 Å². The molecule has 1 aliphatic rings. The van der Waals surface area contributed by atoms with Crippen LogP contribution in [0, 0.1) is 0 Å². The van der Waals surface area contributed by atoms with E-state index in [2.05, 4.69) is 115 Å². The minimum absolute atomic E-state index is 0. The van der Waals surface area contributed by atoms with Crippen LogP contribution >= 0.6 is 23.1 Å². The van der Waals surface area contributed by atoms with Gasteiger partial charge in [0.1, 0.15) is 22.6 Å². The lowest BCUT2D eigenvalue weighted by atomic mass is 10.1. The van der Waals surface area contributed by atoms with Gasteiger partial charge in [0.2, 0.25) is 5.52 Å². The molecule has 0 unspecified atom stereocenters. The van der Waals surface area contributed by atoms with Gasteiger partial charge in [0.25, 0.3) is 10.6 Å². The molecule has 0 radical (unpaired) electrons. The predicted molar refractivity (Wildman–Crippen MR) is 206 cm³/mol. The number of thiazole rings is 1. The molecule has 0 N–H and O–H groups in total. The van der Waals surface area contributed by atoms with E-state index in [-0.39, 0.29) is 22.5 Å². The molecule has 0 atom stereocenters. The summed E-state index contributed by atoms with van der Waals surface area (Å²) < 4.78 is 5.97. The van der Waals surface area contributed by atoms with Crippen molar-refractivity contribution in [2.24, 2.45) is 14.1 Å². The second-order valence-electron chi connectivity index (χ2n) is 12.2. The van der Waals surface area contributed by atoms with Gasteiger partial charge in [-0.2, -0.15) is 4.57 Å². The van der Waals surface area contributed by atoms with E-state index < -0.39 is 11.2 Å². The van der Waals surface area contributed by atoms with E-state index in [0.29, 0.717) is 12.1 Å². The first-order valence-electron chi connectivity index (χ1n) is 16.2.